The second-order valence-corrected chi connectivity index (χ2v) is 32.7. The van der Waals surface area contributed by atoms with Gasteiger partial charge in [0.15, 0.2) is 0 Å². The number of rotatable bonds is 14. The fraction of sp³-hybridized carbons (Fsp3) is 0.667. The fourth-order valence-electron chi connectivity index (χ4n) is 13.7. The Kier molecular flexibility index (Phi) is 20.0. The molecular weight excluding hydrogens is 952 g/mol. The third-order valence-corrected chi connectivity index (χ3v) is 24.2. The molecule has 0 N–H and O–H groups in total. The van der Waals surface area contributed by atoms with Crippen LogP contribution < -0.4 is 0 Å². The van der Waals surface area contributed by atoms with E-state index in [1.807, 2.05) is 34.9 Å². The van der Waals surface area contributed by atoms with Gasteiger partial charge in [0.2, 0.25) is 0 Å². The fourth-order valence-corrected chi connectivity index (χ4v) is 20.7. The van der Waals surface area contributed by atoms with Gasteiger partial charge < -0.3 is 9.80 Å². The molecule has 0 radical (unpaired) electrons. The molecule has 0 bridgehead atoms. The van der Waals surface area contributed by atoms with Gasteiger partial charge in [0.1, 0.15) is 0 Å². The maximum atomic E-state index is 5.67. The number of hydrogen-bond acceptors (Lipinski definition) is 2. The van der Waals surface area contributed by atoms with Crippen LogP contribution in [-0.4, -0.2) is 43.5 Å². The first-order valence-electron chi connectivity index (χ1n) is 27.0. The summed E-state index contributed by atoms with van der Waals surface area (Å²) in [5.74, 6) is 2.94. The Morgan fingerprint density at radius 2 is 1.00 bits per heavy atom. The molecule has 7 atom stereocenters. The second-order valence-electron chi connectivity index (χ2n) is 23.5. The molecule has 2 nitrogen and oxygen atoms in total. The van der Waals surface area contributed by atoms with E-state index in [9.17, 15) is 0 Å². The first-order chi connectivity index (χ1) is 31.8. The van der Waals surface area contributed by atoms with Gasteiger partial charge in [-0.15, -0.1) is 0 Å². The Morgan fingerprint density at radius 3 is 1.35 bits per heavy atom. The van der Waals surface area contributed by atoms with Crippen LogP contribution in [0.15, 0.2) is 91.0 Å². The van der Waals surface area contributed by atoms with Crippen molar-refractivity contribution in [2.45, 2.75) is 219 Å². The Bertz CT molecular complexity index is 1790. The second kappa shape index (κ2) is 25.0. The molecule has 3 aromatic rings. The summed E-state index contributed by atoms with van der Waals surface area (Å²) in [5, 5.41) is 0. The quantitative estimate of drug-likeness (QED) is 0.0902. The van der Waals surface area contributed by atoms with E-state index in [-0.39, 0.29) is 7.92 Å². The van der Waals surface area contributed by atoms with E-state index in [0.29, 0.717) is 46.8 Å². The standard InChI is InChI=1S/C35H51N2.C18H33P.C7H6.2ClH.Ru/c1-9-30(25(4)29-22-35(29,7)8)36-23-37(31(24(2)3)20-28-21-34(28,5)6)33(27-18-14-11-15-19-27)32(36)26-16-12-10-13-17-26;1-4-10-16(11-5-1)19(17-12-6-2-7-13-17)18-14-8-3-9-15-18;1-7-5-3-2-4-6-7;;;/h10-19,23-25,28-33H,9,20-22H2,1-8H3;16-18H,1-15H2;1-6H;2*1H;/q-1;;;;;+2/p-1/t25-,28-,29-,30+,31+,32+,33+;;;;;/m0...../s1. The van der Waals surface area contributed by atoms with Crippen LogP contribution >= 0.6 is 27.3 Å². The van der Waals surface area contributed by atoms with Crippen molar-refractivity contribution in [2.24, 2.45) is 34.5 Å². The van der Waals surface area contributed by atoms with Crippen LogP contribution in [0.25, 0.3) is 0 Å². The van der Waals surface area contributed by atoms with E-state index in [0.717, 1.165) is 17.4 Å². The molecule has 5 saturated carbocycles. The topological polar surface area (TPSA) is 6.48 Å². The summed E-state index contributed by atoms with van der Waals surface area (Å²) in [4.78, 5) is 5.64. The number of halogens is 2. The van der Waals surface area contributed by atoms with Crippen molar-refractivity contribution in [3.05, 3.63) is 114 Å². The SMILES string of the molecule is C1CCC([PH+](C2CCCCC2)C2CCCCC2)CC1.CC[C@H]([C@@H](C)[C@@H]1CC1(C)C)N1[CH-]N([C@H](C[C@H]2CC2(C)C)C(C)C)[C@H](c2ccccc2)[C@H]1c1ccccc1.[Cl][Ru]([Cl])=[CH]c1ccccc1. The third kappa shape index (κ3) is 14.2. The molecule has 368 valence electrons. The normalized spacial score (nSPS) is 27.5. The molecule has 0 spiro atoms. The first kappa shape index (κ1) is 52.9. The summed E-state index contributed by atoms with van der Waals surface area (Å²) >= 11 is -1.61. The molecule has 5 aliphatic carbocycles. The van der Waals surface area contributed by atoms with E-state index in [4.69, 9.17) is 19.4 Å². The van der Waals surface area contributed by atoms with Crippen LogP contribution in [0.3, 0.4) is 0 Å². The molecule has 0 unspecified atom stereocenters. The molecule has 0 aromatic heterocycles. The van der Waals surface area contributed by atoms with Crippen molar-refractivity contribution in [1.29, 1.82) is 0 Å². The van der Waals surface area contributed by atoms with Crippen molar-refractivity contribution < 1.29 is 13.5 Å². The van der Waals surface area contributed by atoms with Crippen LogP contribution in [0, 0.1) is 41.2 Å². The van der Waals surface area contributed by atoms with Crippen molar-refractivity contribution in [3.8, 4) is 0 Å². The number of benzene rings is 3. The molecule has 1 saturated heterocycles. The number of hydrogen-bond donors (Lipinski definition) is 0. The first-order valence-corrected chi connectivity index (χ1v) is 34.2. The van der Waals surface area contributed by atoms with Gasteiger partial charge in [0, 0.05) is 20.0 Å². The van der Waals surface area contributed by atoms with Gasteiger partial charge in [0.05, 0.1) is 17.0 Å². The van der Waals surface area contributed by atoms with Crippen LogP contribution in [-0.2, 0) is 13.5 Å². The molecule has 3 aromatic carbocycles. The van der Waals surface area contributed by atoms with Crippen molar-refractivity contribution >= 4 is 31.9 Å². The van der Waals surface area contributed by atoms with Gasteiger partial charge in [-0.1, -0.05) is 135 Å². The van der Waals surface area contributed by atoms with E-state index < -0.39 is 13.5 Å². The number of nitrogens with zero attached hydrogens (tertiary/aromatic N) is 2. The zero-order valence-corrected chi connectivity index (χ0v) is 46.9. The van der Waals surface area contributed by atoms with Crippen molar-refractivity contribution in [2.75, 3.05) is 0 Å². The molecule has 6 heteroatoms. The van der Waals surface area contributed by atoms with Crippen molar-refractivity contribution in [1.82, 2.24) is 9.80 Å². The van der Waals surface area contributed by atoms with Gasteiger partial charge in [0.25, 0.3) is 0 Å². The van der Waals surface area contributed by atoms with Crippen LogP contribution in [0.4, 0.5) is 0 Å². The van der Waals surface area contributed by atoms with Gasteiger partial charge in [-0.05, 0) is 160 Å². The van der Waals surface area contributed by atoms with Crippen LogP contribution in [0.5, 0.6) is 0 Å². The Balaban J connectivity index is 0.000000184. The van der Waals surface area contributed by atoms with E-state index >= 15 is 0 Å². The minimum absolute atomic E-state index is 0.0465. The van der Waals surface area contributed by atoms with Crippen LogP contribution in [0.1, 0.15) is 206 Å². The Labute approximate surface area is 419 Å². The average molecular weight is 1040 g/mol. The molecule has 1 aliphatic heterocycles. The Hall–Kier alpha value is -0.917. The third-order valence-electron chi connectivity index (χ3n) is 17.7. The van der Waals surface area contributed by atoms with Gasteiger partial charge >= 0.3 is 73.4 Å². The molecule has 6 aliphatic rings. The zero-order chi connectivity index (χ0) is 46.8. The summed E-state index contributed by atoms with van der Waals surface area (Å²) in [6, 6.07) is 34.4. The van der Waals surface area contributed by atoms with Crippen LogP contribution in [0.2, 0.25) is 0 Å². The average Bonchev–Trinajstić information content (AvgIpc) is 4.11. The summed E-state index contributed by atoms with van der Waals surface area (Å²) in [6.45, 7) is 22.3. The van der Waals surface area contributed by atoms with E-state index in [1.54, 1.807) is 96.3 Å². The molecule has 0 amide bonds. The van der Waals surface area contributed by atoms with E-state index in [1.165, 1.54) is 53.8 Å². The Morgan fingerprint density at radius 1 is 0.606 bits per heavy atom. The predicted octanol–water partition coefficient (Wildman–Crippen LogP) is 18.1. The molecule has 6 fully saturated rings. The van der Waals surface area contributed by atoms with Gasteiger partial charge in [-0.2, -0.15) is 0 Å². The van der Waals surface area contributed by atoms with Gasteiger partial charge in [-0.25, -0.2) is 6.67 Å². The summed E-state index contributed by atoms with van der Waals surface area (Å²) in [6.07, 6.45) is 29.0. The minimum atomic E-state index is -1.61. The molecular formula is C60H91Cl2N2PRu. The van der Waals surface area contributed by atoms with Crippen molar-refractivity contribution in [3.63, 3.8) is 0 Å². The zero-order valence-electron chi connectivity index (χ0n) is 42.6. The van der Waals surface area contributed by atoms with E-state index in [2.05, 4.69) is 133 Å². The molecule has 66 heavy (non-hydrogen) atoms. The summed E-state index contributed by atoms with van der Waals surface area (Å²) in [5.41, 5.74) is 8.69. The predicted molar refractivity (Wildman–Crippen MR) is 289 cm³/mol. The maximum absolute atomic E-state index is 5.67. The monoisotopic (exact) mass is 1040 g/mol. The summed E-state index contributed by atoms with van der Waals surface area (Å²) < 4.78 is 1.92. The molecule has 1 heterocycles. The van der Waals surface area contributed by atoms with Gasteiger partial charge in [-0.3, -0.25) is 0 Å². The molecule has 9 rings (SSSR count). The summed E-state index contributed by atoms with van der Waals surface area (Å²) in [7, 11) is 11.3.